The summed E-state index contributed by atoms with van der Waals surface area (Å²) in [5, 5.41) is 9.79. The number of aliphatic hydroxyl groups excluding tert-OH is 1. The normalized spacial score (nSPS) is 13.8. The molecule has 0 rings (SSSR count). The third-order valence-electron chi connectivity index (χ3n) is 11.8. The number of carbonyl (C=O) groups excluding carboxylic acids is 3. The highest BCUT2D eigenvalue weighted by molar-refractivity contribution is 7.47. The molecule has 0 bridgehead atoms. The summed E-state index contributed by atoms with van der Waals surface area (Å²) in [5.74, 6) is -1.48. The average molecular weight is 981 g/mol. The quantitative estimate of drug-likeness (QED) is 0.0197. The largest absolute Gasteiger partial charge is 0.472 e. The lowest BCUT2D eigenvalue weighted by atomic mass is 10.0. The van der Waals surface area contributed by atoms with Crippen molar-refractivity contribution in [3.8, 4) is 0 Å². The summed E-state index contributed by atoms with van der Waals surface area (Å²) in [7, 11) is -4.74. The van der Waals surface area contributed by atoms with Crippen LogP contribution in [0.15, 0.2) is 48.6 Å². The zero-order valence-corrected chi connectivity index (χ0v) is 44.5. The highest BCUT2D eigenvalue weighted by atomic mass is 31.2. The van der Waals surface area contributed by atoms with Gasteiger partial charge in [-0.05, 0) is 57.8 Å². The molecule has 0 fully saturated rings. The molecule has 68 heavy (non-hydrogen) atoms. The van der Waals surface area contributed by atoms with E-state index in [2.05, 4.69) is 69.4 Å². The molecule has 0 aliphatic heterocycles. The molecule has 0 aliphatic rings. The topological polar surface area (TPSA) is 155 Å². The first-order valence-electron chi connectivity index (χ1n) is 27.5. The number of ether oxygens (including phenoxy) is 3. The number of unbranched alkanes of at least 4 members (excludes halogenated alkanes) is 26. The van der Waals surface area contributed by atoms with Crippen molar-refractivity contribution < 1.29 is 52.2 Å². The first-order chi connectivity index (χ1) is 33.2. The van der Waals surface area contributed by atoms with Gasteiger partial charge < -0.3 is 24.2 Å². The Morgan fingerprint density at radius 3 is 1.18 bits per heavy atom. The summed E-state index contributed by atoms with van der Waals surface area (Å²) < 4.78 is 39.4. The molecule has 0 heterocycles. The van der Waals surface area contributed by atoms with Crippen LogP contribution in [0.3, 0.4) is 0 Å². The molecule has 0 aromatic carbocycles. The van der Waals surface area contributed by atoms with Crippen LogP contribution in [0.2, 0.25) is 0 Å². The van der Waals surface area contributed by atoms with Crippen molar-refractivity contribution in [2.24, 2.45) is 0 Å². The molecule has 3 unspecified atom stereocenters. The molecule has 0 saturated carbocycles. The highest BCUT2D eigenvalue weighted by Crippen LogP contribution is 2.43. The SMILES string of the molecule is CC/C=C\C/C=C\C/C=C\C/C=C\CCCCCCC(=O)OC(COC(=O)CCCCCCCCCCC)COP(=O)(O)OCC(CO)OC(=O)CCCCCCCCCCCCCCCCC. The lowest BCUT2D eigenvalue weighted by Gasteiger charge is -2.21. The second-order valence-corrected chi connectivity index (χ2v) is 19.8. The maximum Gasteiger partial charge on any atom is 0.472 e. The Hall–Kier alpha value is -2.56. The fourth-order valence-corrected chi connectivity index (χ4v) is 8.37. The molecule has 11 nitrogen and oxygen atoms in total. The summed E-state index contributed by atoms with van der Waals surface area (Å²) in [4.78, 5) is 48.3. The van der Waals surface area contributed by atoms with Crippen LogP contribution in [0.25, 0.3) is 0 Å². The molecule has 2 N–H and O–H groups in total. The number of carbonyl (C=O) groups is 3. The highest BCUT2D eigenvalue weighted by Gasteiger charge is 2.28. The Bertz CT molecular complexity index is 1330. The molecule has 0 amide bonds. The number of phosphoric acid groups is 1. The number of esters is 3. The summed E-state index contributed by atoms with van der Waals surface area (Å²) in [5.41, 5.74) is 0. The Labute approximate surface area is 415 Å². The van der Waals surface area contributed by atoms with Crippen LogP contribution in [-0.2, 0) is 42.2 Å². The number of rotatable bonds is 51. The monoisotopic (exact) mass is 981 g/mol. The average Bonchev–Trinajstić information content (AvgIpc) is 3.32. The van der Waals surface area contributed by atoms with Crippen molar-refractivity contribution in [3.63, 3.8) is 0 Å². The van der Waals surface area contributed by atoms with Gasteiger partial charge in [0, 0.05) is 19.3 Å². The zero-order chi connectivity index (χ0) is 49.9. The predicted molar refractivity (Wildman–Crippen MR) is 279 cm³/mol. The van der Waals surface area contributed by atoms with Crippen molar-refractivity contribution in [1.82, 2.24) is 0 Å². The molecule has 0 aliphatic carbocycles. The van der Waals surface area contributed by atoms with Crippen LogP contribution in [0.5, 0.6) is 0 Å². The fourth-order valence-electron chi connectivity index (χ4n) is 7.58. The van der Waals surface area contributed by atoms with Crippen molar-refractivity contribution in [2.75, 3.05) is 26.4 Å². The van der Waals surface area contributed by atoms with Gasteiger partial charge in [0.25, 0.3) is 0 Å². The van der Waals surface area contributed by atoms with Crippen LogP contribution in [0.1, 0.15) is 252 Å². The Kier molecular flexibility index (Phi) is 48.9. The number of aliphatic hydroxyl groups is 1. The molecule has 0 saturated heterocycles. The van der Waals surface area contributed by atoms with Crippen LogP contribution in [-0.4, -0.2) is 66.5 Å². The molecule has 12 heteroatoms. The van der Waals surface area contributed by atoms with Crippen molar-refractivity contribution in [1.29, 1.82) is 0 Å². The van der Waals surface area contributed by atoms with E-state index in [1.165, 1.54) is 103 Å². The number of hydrogen-bond acceptors (Lipinski definition) is 10. The molecule has 396 valence electrons. The van der Waals surface area contributed by atoms with E-state index >= 15 is 0 Å². The summed E-state index contributed by atoms with van der Waals surface area (Å²) in [6, 6.07) is 0. The Morgan fingerprint density at radius 2 is 0.765 bits per heavy atom. The van der Waals surface area contributed by atoms with Crippen LogP contribution in [0, 0.1) is 0 Å². The van der Waals surface area contributed by atoms with E-state index in [1.54, 1.807) is 0 Å². The van der Waals surface area contributed by atoms with E-state index in [-0.39, 0.29) is 25.9 Å². The number of hydrogen-bond donors (Lipinski definition) is 2. The number of phosphoric ester groups is 1. The van der Waals surface area contributed by atoms with Crippen molar-refractivity contribution >= 4 is 25.7 Å². The summed E-state index contributed by atoms with van der Waals surface area (Å²) in [6.07, 6.45) is 52.2. The lowest BCUT2D eigenvalue weighted by Crippen LogP contribution is -2.30. The van der Waals surface area contributed by atoms with E-state index in [9.17, 15) is 28.9 Å². The van der Waals surface area contributed by atoms with E-state index < -0.39 is 57.8 Å². The van der Waals surface area contributed by atoms with Crippen molar-refractivity contribution in [2.45, 2.75) is 264 Å². The van der Waals surface area contributed by atoms with Gasteiger partial charge in [0.15, 0.2) is 6.10 Å². The number of allylic oxidation sites excluding steroid dienone is 8. The Balaban J connectivity index is 4.68. The van der Waals surface area contributed by atoms with E-state index in [0.29, 0.717) is 19.3 Å². The van der Waals surface area contributed by atoms with Gasteiger partial charge in [0.1, 0.15) is 12.7 Å². The van der Waals surface area contributed by atoms with Gasteiger partial charge in [-0.2, -0.15) is 0 Å². The van der Waals surface area contributed by atoms with Crippen LogP contribution in [0.4, 0.5) is 0 Å². The zero-order valence-electron chi connectivity index (χ0n) is 43.6. The van der Waals surface area contributed by atoms with Crippen LogP contribution >= 0.6 is 7.82 Å². The van der Waals surface area contributed by atoms with Gasteiger partial charge in [-0.1, -0.05) is 223 Å². The first kappa shape index (κ1) is 65.4. The second kappa shape index (κ2) is 50.8. The van der Waals surface area contributed by atoms with Gasteiger partial charge in [-0.3, -0.25) is 23.4 Å². The third kappa shape index (κ3) is 48.5. The first-order valence-corrected chi connectivity index (χ1v) is 29.0. The molecule has 3 atom stereocenters. The maximum atomic E-state index is 12.9. The van der Waals surface area contributed by atoms with Crippen molar-refractivity contribution in [3.05, 3.63) is 48.6 Å². The Morgan fingerprint density at radius 1 is 0.426 bits per heavy atom. The molecule has 0 radical (unpaired) electrons. The molecule has 0 aromatic heterocycles. The standard InChI is InChI=1S/C56H101O11P/c1-4-7-10-13-16-19-21-23-25-26-28-30-32-35-38-41-44-47-56(60)67-53(49-63-54(58)45-42-39-36-33-18-15-12-9-6-3)51-65-68(61,62)64-50-52(48-57)66-55(59)46-43-40-37-34-31-29-27-24-22-20-17-14-11-8-5-2/h7,10,16,19,23,25,28,30,52-53,57H,4-6,8-9,11-15,17-18,20-22,24,26-27,29,31-51H2,1-3H3,(H,61,62)/b10-7-,19-16-,25-23-,30-28-. The van der Waals surface area contributed by atoms with Gasteiger partial charge in [0.05, 0.1) is 19.8 Å². The van der Waals surface area contributed by atoms with Gasteiger partial charge in [-0.25, -0.2) is 4.57 Å². The van der Waals surface area contributed by atoms with Crippen LogP contribution < -0.4 is 0 Å². The smallest absolute Gasteiger partial charge is 0.462 e. The van der Waals surface area contributed by atoms with E-state index in [1.807, 2.05) is 0 Å². The van der Waals surface area contributed by atoms with Gasteiger partial charge in [0.2, 0.25) is 0 Å². The van der Waals surface area contributed by atoms with E-state index in [0.717, 1.165) is 89.9 Å². The summed E-state index contributed by atoms with van der Waals surface area (Å²) >= 11 is 0. The predicted octanol–water partition coefficient (Wildman–Crippen LogP) is 15.8. The minimum atomic E-state index is -4.74. The van der Waals surface area contributed by atoms with Gasteiger partial charge >= 0.3 is 25.7 Å². The van der Waals surface area contributed by atoms with E-state index in [4.69, 9.17) is 23.3 Å². The minimum absolute atomic E-state index is 0.142. The van der Waals surface area contributed by atoms with Gasteiger partial charge in [-0.15, -0.1) is 0 Å². The third-order valence-corrected chi connectivity index (χ3v) is 12.7. The maximum absolute atomic E-state index is 12.9. The molecular formula is C56H101O11P. The lowest BCUT2D eigenvalue weighted by molar-refractivity contribution is -0.161. The second-order valence-electron chi connectivity index (χ2n) is 18.4. The molecule has 0 aromatic rings. The molecular weight excluding hydrogens is 880 g/mol. The minimum Gasteiger partial charge on any atom is -0.462 e. The molecule has 0 spiro atoms. The fraction of sp³-hybridized carbons (Fsp3) is 0.804. The summed E-state index contributed by atoms with van der Waals surface area (Å²) in [6.45, 7) is 4.50.